The van der Waals surface area contributed by atoms with E-state index in [1.165, 1.54) is 35.6 Å². The average molecular weight is 296 g/mol. The number of sulfone groups is 1. The fraction of sp³-hybridized carbons (Fsp3) is 0.154. The first-order valence-corrected chi connectivity index (χ1v) is 8.06. The molecule has 0 saturated carbocycles. The summed E-state index contributed by atoms with van der Waals surface area (Å²) in [5.41, 5.74) is 0.586. The quantitative estimate of drug-likeness (QED) is 0.919. The molecule has 1 aromatic carbocycles. The van der Waals surface area contributed by atoms with Gasteiger partial charge in [0.2, 0.25) is 0 Å². The van der Waals surface area contributed by atoms with Crippen molar-refractivity contribution in [2.75, 3.05) is 0 Å². The summed E-state index contributed by atoms with van der Waals surface area (Å²) in [6.07, 6.45) is -0.106. The highest BCUT2D eigenvalue weighted by atomic mass is 32.2. The van der Waals surface area contributed by atoms with Crippen LogP contribution in [0, 0.1) is 0 Å². The second-order valence-corrected chi connectivity index (χ2v) is 7.07. The summed E-state index contributed by atoms with van der Waals surface area (Å²) in [7, 11) is -3.37. The van der Waals surface area contributed by atoms with E-state index in [0.29, 0.717) is 5.56 Å². The highest BCUT2D eigenvalue weighted by Gasteiger charge is 2.16. The third kappa shape index (κ3) is 3.65. The Balaban J connectivity index is 2.19. The third-order valence-electron chi connectivity index (χ3n) is 2.55. The third-order valence-corrected chi connectivity index (χ3v) is 5.29. The van der Waals surface area contributed by atoms with Crippen LogP contribution in [0.25, 0.3) is 0 Å². The van der Waals surface area contributed by atoms with Crippen molar-refractivity contribution in [2.45, 2.75) is 17.1 Å². The van der Waals surface area contributed by atoms with Crippen LogP contribution in [-0.2, 0) is 26.8 Å². The van der Waals surface area contributed by atoms with Gasteiger partial charge >= 0.3 is 5.97 Å². The maximum Gasteiger partial charge on any atom is 0.307 e. The van der Waals surface area contributed by atoms with E-state index in [1.54, 1.807) is 6.07 Å². The van der Waals surface area contributed by atoms with Crippen molar-refractivity contribution in [3.8, 4) is 0 Å². The van der Waals surface area contributed by atoms with E-state index in [2.05, 4.69) is 0 Å². The molecule has 0 radical (unpaired) electrons. The zero-order valence-electron chi connectivity index (χ0n) is 9.94. The van der Waals surface area contributed by atoms with Crippen LogP contribution in [0.1, 0.15) is 10.4 Å². The molecule has 0 amide bonds. The summed E-state index contributed by atoms with van der Waals surface area (Å²) in [5, 5.41) is 10.5. The topological polar surface area (TPSA) is 71.4 Å². The Morgan fingerprint density at radius 3 is 2.37 bits per heavy atom. The van der Waals surface area contributed by atoms with E-state index in [1.807, 2.05) is 11.4 Å². The molecule has 0 aliphatic heterocycles. The molecule has 2 rings (SSSR count). The predicted molar refractivity (Wildman–Crippen MR) is 73.0 cm³/mol. The van der Waals surface area contributed by atoms with Crippen LogP contribution in [0.5, 0.6) is 0 Å². The maximum atomic E-state index is 12.1. The fourth-order valence-electron chi connectivity index (χ4n) is 1.65. The lowest BCUT2D eigenvalue weighted by molar-refractivity contribution is -0.136. The minimum Gasteiger partial charge on any atom is -0.481 e. The van der Waals surface area contributed by atoms with Gasteiger partial charge in [0.25, 0.3) is 0 Å². The van der Waals surface area contributed by atoms with Crippen LogP contribution >= 0.6 is 11.3 Å². The van der Waals surface area contributed by atoms with Crippen LogP contribution in [-0.4, -0.2) is 19.5 Å². The molecule has 1 aromatic heterocycles. The number of carboxylic acids is 1. The van der Waals surface area contributed by atoms with Gasteiger partial charge in [-0.1, -0.05) is 18.2 Å². The van der Waals surface area contributed by atoms with Gasteiger partial charge in [-0.25, -0.2) is 8.42 Å². The van der Waals surface area contributed by atoms with Gasteiger partial charge in [-0.2, -0.15) is 0 Å². The Morgan fingerprint density at radius 1 is 1.16 bits per heavy atom. The summed E-state index contributed by atoms with van der Waals surface area (Å²) < 4.78 is 24.2. The van der Waals surface area contributed by atoms with Gasteiger partial charge in [-0.05, 0) is 29.1 Å². The zero-order chi connectivity index (χ0) is 13.9. The minimum absolute atomic E-state index is 0.0249. The molecular weight excluding hydrogens is 284 g/mol. The van der Waals surface area contributed by atoms with Crippen molar-refractivity contribution < 1.29 is 18.3 Å². The molecule has 0 aliphatic carbocycles. The number of hydrogen-bond donors (Lipinski definition) is 1. The van der Waals surface area contributed by atoms with Gasteiger partial charge in [0, 0.05) is 4.88 Å². The maximum absolute atomic E-state index is 12.1. The van der Waals surface area contributed by atoms with Gasteiger partial charge in [0.05, 0.1) is 17.1 Å². The number of hydrogen-bond acceptors (Lipinski definition) is 4. The van der Waals surface area contributed by atoms with Gasteiger partial charge in [0.1, 0.15) is 0 Å². The smallest absolute Gasteiger partial charge is 0.307 e. The molecule has 0 aliphatic rings. The number of benzene rings is 1. The van der Waals surface area contributed by atoms with Gasteiger partial charge in [-0.15, -0.1) is 11.3 Å². The van der Waals surface area contributed by atoms with Crippen LogP contribution in [0.2, 0.25) is 0 Å². The Labute approximate surface area is 115 Å². The Hall–Kier alpha value is -1.66. The Bertz CT molecular complexity index is 655. The number of thiophene rings is 1. The molecule has 0 saturated heterocycles. The first-order valence-electron chi connectivity index (χ1n) is 5.53. The fourth-order valence-corrected chi connectivity index (χ4v) is 4.07. The summed E-state index contributed by atoms with van der Waals surface area (Å²) in [4.78, 5) is 11.5. The summed E-state index contributed by atoms with van der Waals surface area (Å²) >= 11 is 1.40. The normalized spacial score (nSPS) is 11.4. The molecule has 0 spiro atoms. The molecule has 6 heteroatoms. The standard InChI is InChI=1S/C13H12O4S2/c14-13(15)8-10-3-5-12(6-4-10)19(16,17)9-11-2-1-7-18-11/h1-7H,8-9H2,(H,14,15). The van der Waals surface area contributed by atoms with Gasteiger partial charge < -0.3 is 5.11 Å². The summed E-state index contributed by atoms with van der Waals surface area (Å²) in [6, 6.07) is 9.58. The number of carboxylic acid groups (broad SMARTS) is 1. The monoisotopic (exact) mass is 296 g/mol. The molecule has 0 bridgehead atoms. The molecule has 19 heavy (non-hydrogen) atoms. The molecule has 1 heterocycles. The first-order chi connectivity index (χ1) is 8.97. The van der Waals surface area contributed by atoms with Crippen LogP contribution in [0.3, 0.4) is 0 Å². The van der Waals surface area contributed by atoms with E-state index < -0.39 is 15.8 Å². The number of rotatable bonds is 5. The molecule has 2 aromatic rings. The lowest BCUT2D eigenvalue weighted by Crippen LogP contribution is -2.05. The Kier molecular flexibility index (Phi) is 4.01. The van der Waals surface area contributed by atoms with E-state index in [4.69, 9.17) is 5.11 Å². The molecule has 1 N–H and O–H groups in total. The number of carbonyl (C=O) groups is 1. The second-order valence-electron chi connectivity index (χ2n) is 4.05. The van der Waals surface area contributed by atoms with Crippen molar-refractivity contribution in [1.82, 2.24) is 0 Å². The van der Waals surface area contributed by atoms with Crippen molar-refractivity contribution >= 4 is 27.1 Å². The van der Waals surface area contributed by atoms with Crippen LogP contribution in [0.4, 0.5) is 0 Å². The lowest BCUT2D eigenvalue weighted by atomic mass is 10.2. The highest BCUT2D eigenvalue weighted by Crippen LogP contribution is 2.20. The van der Waals surface area contributed by atoms with Crippen molar-refractivity contribution in [2.24, 2.45) is 0 Å². The van der Waals surface area contributed by atoms with Crippen LogP contribution < -0.4 is 0 Å². The molecule has 0 atom stereocenters. The summed E-state index contributed by atoms with van der Waals surface area (Å²) in [5.74, 6) is -0.961. The largest absolute Gasteiger partial charge is 0.481 e. The second kappa shape index (κ2) is 5.54. The molecule has 0 unspecified atom stereocenters. The first kappa shape index (κ1) is 13.8. The van der Waals surface area contributed by atoms with Crippen molar-refractivity contribution in [3.63, 3.8) is 0 Å². The number of aliphatic carboxylic acids is 1. The van der Waals surface area contributed by atoms with Gasteiger partial charge in [0.15, 0.2) is 9.84 Å². The SMILES string of the molecule is O=C(O)Cc1ccc(S(=O)(=O)Cc2cccs2)cc1. The summed E-state index contributed by atoms with van der Waals surface area (Å²) in [6.45, 7) is 0. The lowest BCUT2D eigenvalue weighted by Gasteiger charge is -2.04. The molecule has 0 fully saturated rings. The molecular formula is C13H12O4S2. The van der Waals surface area contributed by atoms with Crippen molar-refractivity contribution in [1.29, 1.82) is 0 Å². The zero-order valence-corrected chi connectivity index (χ0v) is 11.6. The highest BCUT2D eigenvalue weighted by molar-refractivity contribution is 7.90. The molecule has 4 nitrogen and oxygen atoms in total. The average Bonchev–Trinajstić information content (AvgIpc) is 2.81. The van der Waals surface area contributed by atoms with E-state index in [0.717, 1.165) is 4.88 Å². The Morgan fingerprint density at radius 2 is 1.84 bits per heavy atom. The van der Waals surface area contributed by atoms with Crippen molar-refractivity contribution in [3.05, 3.63) is 52.2 Å². The van der Waals surface area contributed by atoms with E-state index >= 15 is 0 Å². The minimum atomic E-state index is -3.37. The molecule has 100 valence electrons. The predicted octanol–water partition coefficient (Wildman–Crippen LogP) is 2.35. The van der Waals surface area contributed by atoms with E-state index in [9.17, 15) is 13.2 Å². The van der Waals surface area contributed by atoms with E-state index in [-0.39, 0.29) is 17.1 Å². The van der Waals surface area contributed by atoms with Crippen LogP contribution in [0.15, 0.2) is 46.7 Å². The van der Waals surface area contributed by atoms with Gasteiger partial charge in [-0.3, -0.25) is 4.79 Å².